The van der Waals surface area contributed by atoms with Gasteiger partial charge in [-0.15, -0.1) is 0 Å². The molecule has 0 aliphatic rings. The standard InChI is InChI=1S/C11H12N2O5/c1-16-10-8(6-12)4-7(11(17-2)18-3)5-9(10)13(14)15/h4-5,11H,1-3H3. The van der Waals surface area contributed by atoms with Gasteiger partial charge in [-0.25, -0.2) is 0 Å². The van der Waals surface area contributed by atoms with E-state index in [2.05, 4.69) is 0 Å². The van der Waals surface area contributed by atoms with Crippen LogP contribution in [-0.2, 0) is 9.47 Å². The van der Waals surface area contributed by atoms with Gasteiger partial charge >= 0.3 is 5.69 Å². The Balaban J connectivity index is 3.46. The van der Waals surface area contributed by atoms with Crippen molar-refractivity contribution in [2.45, 2.75) is 6.29 Å². The third kappa shape index (κ3) is 2.56. The summed E-state index contributed by atoms with van der Waals surface area (Å²) < 4.78 is 14.9. The summed E-state index contributed by atoms with van der Waals surface area (Å²) in [7, 11) is 4.07. The van der Waals surface area contributed by atoms with Gasteiger partial charge in [0.25, 0.3) is 0 Å². The van der Waals surface area contributed by atoms with E-state index in [9.17, 15) is 10.1 Å². The van der Waals surface area contributed by atoms with Crippen molar-refractivity contribution in [3.05, 3.63) is 33.4 Å². The fourth-order valence-corrected chi connectivity index (χ4v) is 1.57. The second-order valence-electron chi connectivity index (χ2n) is 3.29. The highest BCUT2D eigenvalue weighted by molar-refractivity contribution is 5.59. The van der Waals surface area contributed by atoms with Gasteiger partial charge in [-0.05, 0) is 6.07 Å². The van der Waals surface area contributed by atoms with Crippen molar-refractivity contribution >= 4 is 5.69 Å². The average Bonchev–Trinajstić information content (AvgIpc) is 2.38. The van der Waals surface area contributed by atoms with Crippen LogP contribution in [0.15, 0.2) is 12.1 Å². The average molecular weight is 252 g/mol. The monoisotopic (exact) mass is 252 g/mol. The molecule has 0 fully saturated rings. The van der Waals surface area contributed by atoms with Crippen LogP contribution in [0.1, 0.15) is 17.4 Å². The molecule has 7 nitrogen and oxygen atoms in total. The van der Waals surface area contributed by atoms with Gasteiger partial charge in [0.15, 0.2) is 6.29 Å². The molecular formula is C11H12N2O5. The third-order valence-corrected chi connectivity index (χ3v) is 2.31. The van der Waals surface area contributed by atoms with Gasteiger partial charge in [-0.3, -0.25) is 10.1 Å². The lowest BCUT2D eigenvalue weighted by Crippen LogP contribution is -2.06. The maximum Gasteiger partial charge on any atom is 0.312 e. The van der Waals surface area contributed by atoms with Gasteiger partial charge < -0.3 is 14.2 Å². The second kappa shape index (κ2) is 5.95. The lowest BCUT2D eigenvalue weighted by Gasteiger charge is -2.14. The van der Waals surface area contributed by atoms with Crippen molar-refractivity contribution in [1.82, 2.24) is 0 Å². The molecule has 96 valence electrons. The molecular weight excluding hydrogens is 240 g/mol. The third-order valence-electron chi connectivity index (χ3n) is 2.31. The summed E-state index contributed by atoms with van der Waals surface area (Å²) >= 11 is 0. The van der Waals surface area contributed by atoms with Gasteiger partial charge in [-0.2, -0.15) is 5.26 Å². The Labute approximate surface area is 104 Å². The molecule has 0 amide bonds. The number of nitriles is 1. The number of hydrogen-bond acceptors (Lipinski definition) is 6. The maximum atomic E-state index is 10.9. The van der Waals surface area contributed by atoms with Gasteiger partial charge in [0.1, 0.15) is 11.6 Å². The molecule has 0 saturated heterocycles. The first-order chi connectivity index (χ1) is 8.58. The van der Waals surface area contributed by atoms with Gasteiger partial charge in [0.2, 0.25) is 5.75 Å². The fraction of sp³-hybridized carbons (Fsp3) is 0.364. The molecule has 0 saturated carbocycles. The summed E-state index contributed by atoms with van der Waals surface area (Å²) in [5, 5.41) is 19.9. The van der Waals surface area contributed by atoms with Crippen LogP contribution in [0.4, 0.5) is 5.69 Å². The number of hydrogen-bond donors (Lipinski definition) is 0. The zero-order valence-corrected chi connectivity index (χ0v) is 10.2. The minimum Gasteiger partial charge on any atom is -0.489 e. The Kier molecular flexibility index (Phi) is 4.59. The molecule has 0 bridgehead atoms. The molecule has 0 N–H and O–H groups in total. The van der Waals surface area contributed by atoms with Crippen molar-refractivity contribution in [3.63, 3.8) is 0 Å². The summed E-state index contributed by atoms with van der Waals surface area (Å²) in [5.41, 5.74) is 0.135. The molecule has 1 aromatic carbocycles. The molecule has 1 aromatic rings. The zero-order valence-electron chi connectivity index (χ0n) is 10.2. The van der Waals surface area contributed by atoms with Gasteiger partial charge in [-0.1, -0.05) is 0 Å². The Bertz CT molecular complexity index is 491. The van der Waals surface area contributed by atoms with E-state index in [1.54, 1.807) is 0 Å². The number of methoxy groups -OCH3 is 3. The van der Waals surface area contributed by atoms with Crippen LogP contribution in [0, 0.1) is 21.4 Å². The minimum atomic E-state index is -0.776. The molecule has 7 heteroatoms. The summed E-state index contributed by atoms with van der Waals surface area (Å²) in [6.07, 6.45) is -0.776. The van der Waals surface area contributed by atoms with Crippen LogP contribution in [-0.4, -0.2) is 26.3 Å². The zero-order chi connectivity index (χ0) is 13.7. The molecule has 0 aromatic heterocycles. The minimum absolute atomic E-state index is 0.0563. The van der Waals surface area contributed by atoms with Crippen LogP contribution in [0.25, 0.3) is 0 Å². The van der Waals surface area contributed by atoms with Crippen LogP contribution >= 0.6 is 0 Å². The number of benzene rings is 1. The van der Waals surface area contributed by atoms with E-state index >= 15 is 0 Å². The molecule has 1 rings (SSSR count). The van der Waals surface area contributed by atoms with Crippen LogP contribution < -0.4 is 4.74 Å². The predicted molar refractivity (Wildman–Crippen MR) is 61.1 cm³/mol. The lowest BCUT2D eigenvalue weighted by atomic mass is 10.1. The largest absolute Gasteiger partial charge is 0.489 e. The Morgan fingerprint density at radius 2 is 1.94 bits per heavy atom. The van der Waals surface area contributed by atoms with Gasteiger partial charge in [0, 0.05) is 25.8 Å². The van der Waals surface area contributed by atoms with E-state index in [1.165, 1.54) is 33.5 Å². The Morgan fingerprint density at radius 3 is 2.33 bits per heavy atom. The highest BCUT2D eigenvalue weighted by atomic mass is 16.7. The lowest BCUT2D eigenvalue weighted by molar-refractivity contribution is -0.385. The van der Waals surface area contributed by atoms with Crippen molar-refractivity contribution in [3.8, 4) is 11.8 Å². The molecule has 0 spiro atoms. The van der Waals surface area contributed by atoms with Crippen LogP contribution in [0.3, 0.4) is 0 Å². The Morgan fingerprint density at radius 1 is 1.33 bits per heavy atom. The number of nitro groups is 1. The molecule has 0 aliphatic heterocycles. The summed E-state index contributed by atoms with van der Waals surface area (Å²) in [5.74, 6) is -0.0720. The molecule has 18 heavy (non-hydrogen) atoms. The fourth-order valence-electron chi connectivity index (χ4n) is 1.57. The normalized spacial score (nSPS) is 10.2. The van der Waals surface area contributed by atoms with Crippen molar-refractivity contribution in [2.24, 2.45) is 0 Å². The number of ether oxygens (including phenoxy) is 3. The quantitative estimate of drug-likeness (QED) is 0.450. The first-order valence-electron chi connectivity index (χ1n) is 4.91. The van der Waals surface area contributed by atoms with E-state index in [0.717, 1.165) is 0 Å². The maximum absolute atomic E-state index is 10.9. The van der Waals surface area contributed by atoms with E-state index in [1.807, 2.05) is 6.07 Å². The predicted octanol–water partition coefficient (Wildman–Crippen LogP) is 1.77. The highest BCUT2D eigenvalue weighted by Gasteiger charge is 2.23. The van der Waals surface area contributed by atoms with E-state index in [-0.39, 0.29) is 17.0 Å². The molecule has 0 radical (unpaired) electrons. The molecule has 0 aliphatic carbocycles. The molecule has 0 atom stereocenters. The van der Waals surface area contributed by atoms with E-state index < -0.39 is 11.2 Å². The van der Waals surface area contributed by atoms with Crippen molar-refractivity contribution in [1.29, 1.82) is 5.26 Å². The number of nitro benzene ring substituents is 1. The van der Waals surface area contributed by atoms with Crippen molar-refractivity contribution < 1.29 is 19.1 Å². The van der Waals surface area contributed by atoms with Crippen LogP contribution in [0.5, 0.6) is 5.75 Å². The van der Waals surface area contributed by atoms with E-state index in [4.69, 9.17) is 19.5 Å². The molecule has 0 unspecified atom stereocenters. The second-order valence-corrected chi connectivity index (χ2v) is 3.29. The summed E-state index contributed by atoms with van der Waals surface area (Å²) in [6, 6.07) is 4.54. The molecule has 0 heterocycles. The van der Waals surface area contributed by atoms with Crippen molar-refractivity contribution in [2.75, 3.05) is 21.3 Å². The first-order valence-corrected chi connectivity index (χ1v) is 4.91. The number of nitrogens with zero attached hydrogens (tertiary/aromatic N) is 2. The smallest absolute Gasteiger partial charge is 0.312 e. The Hall–Kier alpha value is -2.17. The highest BCUT2D eigenvalue weighted by Crippen LogP contribution is 2.34. The SMILES string of the molecule is COc1c(C#N)cc(C(OC)OC)cc1[N+](=O)[O-]. The number of rotatable bonds is 5. The topological polar surface area (TPSA) is 94.6 Å². The van der Waals surface area contributed by atoms with Gasteiger partial charge in [0.05, 0.1) is 12.0 Å². The first kappa shape index (κ1) is 13.9. The van der Waals surface area contributed by atoms with E-state index in [0.29, 0.717) is 5.56 Å². The summed E-state index contributed by atoms with van der Waals surface area (Å²) in [6.45, 7) is 0. The van der Waals surface area contributed by atoms with Crippen LogP contribution in [0.2, 0.25) is 0 Å². The summed E-state index contributed by atoms with van der Waals surface area (Å²) in [4.78, 5) is 10.3.